The van der Waals surface area contributed by atoms with Crippen LogP contribution in [0.1, 0.15) is 98.3 Å². The number of unbranched alkanes of at least 4 members (excludes halogenated alkanes) is 9. The molecule has 1 atom stereocenters. The zero-order chi connectivity index (χ0) is 23.1. The van der Waals surface area contributed by atoms with Gasteiger partial charge in [-0.2, -0.15) is 0 Å². The first-order valence-corrected chi connectivity index (χ1v) is 12.7. The summed E-state index contributed by atoms with van der Waals surface area (Å²) in [4.78, 5) is 26.1. The maximum absolute atomic E-state index is 12.3. The van der Waals surface area contributed by atoms with E-state index >= 15 is 0 Å². The van der Waals surface area contributed by atoms with Crippen LogP contribution in [-0.2, 0) is 16.1 Å². The van der Waals surface area contributed by atoms with Gasteiger partial charge in [0.1, 0.15) is 0 Å². The minimum Gasteiger partial charge on any atom is -0.465 e. The van der Waals surface area contributed by atoms with E-state index in [1.54, 1.807) is 6.20 Å². The highest BCUT2D eigenvalue weighted by molar-refractivity contribution is 7.71. The van der Waals surface area contributed by atoms with E-state index in [2.05, 4.69) is 32.7 Å². The van der Waals surface area contributed by atoms with Crippen LogP contribution in [0.3, 0.4) is 0 Å². The van der Waals surface area contributed by atoms with Gasteiger partial charge in [-0.05, 0) is 43.3 Å². The van der Waals surface area contributed by atoms with Gasteiger partial charge in [0.05, 0.1) is 12.5 Å². The number of nitrogens with one attached hydrogen (secondary N) is 1. The third-order valence-corrected chi connectivity index (χ3v) is 6.10. The van der Waals surface area contributed by atoms with Gasteiger partial charge in [-0.1, -0.05) is 79.1 Å². The molecule has 0 saturated heterocycles. The van der Waals surface area contributed by atoms with Gasteiger partial charge in [0.25, 0.3) is 5.56 Å². The van der Waals surface area contributed by atoms with Crippen LogP contribution in [0, 0.1) is 22.5 Å². The molecule has 0 aliphatic rings. The zero-order valence-corrected chi connectivity index (χ0v) is 21.0. The van der Waals surface area contributed by atoms with Gasteiger partial charge in [-0.3, -0.25) is 14.6 Å². The van der Waals surface area contributed by atoms with Crippen LogP contribution in [0.5, 0.6) is 0 Å². The molecule has 1 N–H and O–H groups in total. The summed E-state index contributed by atoms with van der Waals surface area (Å²) in [6, 6.07) is 1.52. The predicted octanol–water partition coefficient (Wildman–Crippen LogP) is 6.67. The second-order valence-electron chi connectivity index (χ2n) is 9.49. The number of esters is 1. The fourth-order valence-corrected chi connectivity index (χ4v) is 4.10. The average molecular weight is 453 g/mol. The van der Waals surface area contributed by atoms with Crippen molar-refractivity contribution in [3.63, 3.8) is 0 Å². The standard InChI is InChI=1S/C25H44N2O3S/c1-20(2)19-22(21(3)4)24(29)30-18-14-12-10-8-6-5-7-9-11-13-16-27-17-15-23(28)26-25(27)31/h15,17,20-22H,5-14,16,18-19H2,1-4H3,(H,26,28,31). The average Bonchev–Trinajstić information content (AvgIpc) is 2.70. The highest BCUT2D eigenvalue weighted by atomic mass is 32.1. The number of carbonyl (C=O) groups is 1. The molecule has 0 aliphatic carbocycles. The molecule has 6 heteroatoms. The van der Waals surface area contributed by atoms with Crippen molar-refractivity contribution < 1.29 is 9.53 Å². The number of ether oxygens (including phenoxy) is 1. The topological polar surface area (TPSA) is 64.1 Å². The Morgan fingerprint density at radius 3 is 2.03 bits per heavy atom. The van der Waals surface area contributed by atoms with E-state index in [0.717, 1.165) is 32.2 Å². The molecule has 0 radical (unpaired) electrons. The molecule has 0 bridgehead atoms. The lowest BCUT2D eigenvalue weighted by Gasteiger charge is -2.21. The normalized spacial score (nSPS) is 12.5. The van der Waals surface area contributed by atoms with Gasteiger partial charge < -0.3 is 9.30 Å². The number of hydrogen-bond donors (Lipinski definition) is 1. The fourth-order valence-electron chi connectivity index (χ4n) is 3.85. The van der Waals surface area contributed by atoms with Crippen molar-refractivity contribution >= 4 is 18.2 Å². The van der Waals surface area contributed by atoms with Crippen molar-refractivity contribution in [2.75, 3.05) is 6.61 Å². The molecule has 0 aromatic carbocycles. The van der Waals surface area contributed by atoms with Crippen molar-refractivity contribution in [2.24, 2.45) is 17.8 Å². The van der Waals surface area contributed by atoms with E-state index in [9.17, 15) is 9.59 Å². The zero-order valence-electron chi connectivity index (χ0n) is 20.2. The molecule has 0 spiro atoms. The lowest BCUT2D eigenvalue weighted by molar-refractivity contribution is -0.151. The first-order valence-electron chi connectivity index (χ1n) is 12.3. The smallest absolute Gasteiger partial charge is 0.309 e. The quantitative estimate of drug-likeness (QED) is 0.163. The summed E-state index contributed by atoms with van der Waals surface area (Å²) in [5.41, 5.74) is -0.135. The Morgan fingerprint density at radius 2 is 1.52 bits per heavy atom. The minimum atomic E-state index is -0.135. The lowest BCUT2D eigenvalue weighted by atomic mass is 9.88. The van der Waals surface area contributed by atoms with Crippen molar-refractivity contribution in [3.05, 3.63) is 27.4 Å². The number of H-pyrrole nitrogens is 1. The number of rotatable bonds is 17. The molecule has 0 amide bonds. The van der Waals surface area contributed by atoms with Gasteiger partial charge >= 0.3 is 5.97 Å². The van der Waals surface area contributed by atoms with Crippen molar-refractivity contribution in [1.82, 2.24) is 9.55 Å². The van der Waals surface area contributed by atoms with Crippen molar-refractivity contribution in [1.29, 1.82) is 0 Å². The van der Waals surface area contributed by atoms with E-state index in [4.69, 9.17) is 17.0 Å². The SMILES string of the molecule is CC(C)CC(C(=O)OCCCCCCCCCCCCn1ccc(=O)[nH]c1=S)C(C)C. The lowest BCUT2D eigenvalue weighted by Crippen LogP contribution is -2.24. The Morgan fingerprint density at radius 1 is 0.968 bits per heavy atom. The van der Waals surface area contributed by atoms with Gasteiger partial charge in [0, 0.05) is 18.8 Å². The van der Waals surface area contributed by atoms with Crippen molar-refractivity contribution in [3.8, 4) is 0 Å². The van der Waals surface area contributed by atoms with E-state index in [0.29, 0.717) is 23.2 Å². The Kier molecular flexibility index (Phi) is 14.5. The fraction of sp³-hybridized carbons (Fsp3) is 0.800. The van der Waals surface area contributed by atoms with E-state index in [1.165, 1.54) is 51.0 Å². The maximum Gasteiger partial charge on any atom is 0.309 e. The van der Waals surface area contributed by atoms with Crippen LogP contribution in [-0.4, -0.2) is 22.1 Å². The molecule has 1 rings (SSSR count). The number of hydrogen-bond acceptors (Lipinski definition) is 4. The Balaban J connectivity index is 1.94. The summed E-state index contributed by atoms with van der Waals surface area (Å²) in [7, 11) is 0. The third kappa shape index (κ3) is 12.9. The monoisotopic (exact) mass is 452 g/mol. The Hall–Kier alpha value is -1.43. The second kappa shape index (κ2) is 16.2. The summed E-state index contributed by atoms with van der Waals surface area (Å²) < 4.78 is 7.97. The number of carbonyl (C=O) groups excluding carboxylic acids is 1. The van der Waals surface area contributed by atoms with Crippen LogP contribution in [0.25, 0.3) is 0 Å². The van der Waals surface area contributed by atoms with Crippen molar-refractivity contribution in [2.45, 2.75) is 105 Å². The summed E-state index contributed by atoms with van der Waals surface area (Å²) >= 11 is 5.16. The highest BCUT2D eigenvalue weighted by Gasteiger charge is 2.24. The summed E-state index contributed by atoms with van der Waals surface area (Å²) in [5, 5.41) is 0. The summed E-state index contributed by atoms with van der Waals surface area (Å²) in [5.74, 6) is 0.895. The predicted molar refractivity (Wildman–Crippen MR) is 131 cm³/mol. The van der Waals surface area contributed by atoms with Crippen LogP contribution >= 0.6 is 12.2 Å². The Bertz CT molecular complexity index is 724. The number of aryl methyl sites for hydroxylation is 1. The van der Waals surface area contributed by atoms with Crippen LogP contribution < -0.4 is 5.56 Å². The molecule has 31 heavy (non-hydrogen) atoms. The first kappa shape index (κ1) is 27.6. The summed E-state index contributed by atoms with van der Waals surface area (Å²) in [6.45, 7) is 9.98. The molecule has 0 fully saturated rings. The number of nitrogens with zero attached hydrogens (tertiary/aromatic N) is 1. The molecule has 1 aromatic heterocycles. The van der Waals surface area contributed by atoms with Crippen LogP contribution in [0.15, 0.2) is 17.1 Å². The first-order chi connectivity index (χ1) is 14.8. The number of aromatic amines is 1. The Labute approximate surface area is 194 Å². The number of aromatic nitrogens is 2. The second-order valence-corrected chi connectivity index (χ2v) is 9.87. The minimum absolute atomic E-state index is 0.00779. The van der Waals surface area contributed by atoms with Gasteiger partial charge in [-0.15, -0.1) is 0 Å². The molecule has 1 aromatic rings. The van der Waals surface area contributed by atoms with Gasteiger partial charge in [0.2, 0.25) is 0 Å². The van der Waals surface area contributed by atoms with E-state index in [-0.39, 0.29) is 17.4 Å². The van der Waals surface area contributed by atoms with Crippen LogP contribution in [0.4, 0.5) is 0 Å². The molecule has 5 nitrogen and oxygen atoms in total. The highest BCUT2D eigenvalue weighted by Crippen LogP contribution is 2.22. The molecular weight excluding hydrogens is 408 g/mol. The molecule has 0 aliphatic heterocycles. The van der Waals surface area contributed by atoms with Gasteiger partial charge in [0.15, 0.2) is 4.77 Å². The van der Waals surface area contributed by atoms with E-state index in [1.807, 2.05) is 4.57 Å². The van der Waals surface area contributed by atoms with Crippen LogP contribution in [0.2, 0.25) is 0 Å². The van der Waals surface area contributed by atoms with Gasteiger partial charge in [-0.25, -0.2) is 0 Å². The van der Waals surface area contributed by atoms with E-state index < -0.39 is 0 Å². The molecule has 0 saturated carbocycles. The molecule has 178 valence electrons. The largest absolute Gasteiger partial charge is 0.465 e. The summed E-state index contributed by atoms with van der Waals surface area (Å²) in [6.07, 6.45) is 14.7. The maximum atomic E-state index is 12.3. The molecular formula is C25H44N2O3S. The molecule has 1 heterocycles. The molecule has 1 unspecified atom stereocenters. The third-order valence-electron chi connectivity index (χ3n) is 5.77.